The number of halogens is 2. The predicted molar refractivity (Wildman–Crippen MR) is 66.1 cm³/mol. The molecule has 0 aliphatic heterocycles. The Kier molecular flexibility index (Phi) is 5.06. The highest BCUT2D eigenvalue weighted by Crippen LogP contribution is 2.25. The first-order valence-electron chi connectivity index (χ1n) is 4.71. The van der Waals surface area contributed by atoms with Gasteiger partial charge in [-0.1, -0.05) is 19.8 Å². The van der Waals surface area contributed by atoms with Gasteiger partial charge in [-0.25, -0.2) is 0 Å². The van der Waals surface area contributed by atoms with E-state index < -0.39 is 0 Å². The standard InChI is InChI=1S/C10H14Br2N2/c1-2-3-4-9(13)10-8(12)5-7(11)6-14-10/h5-6,9H,2-4,13H2,1H3. The summed E-state index contributed by atoms with van der Waals surface area (Å²) < 4.78 is 1.95. The number of hydrogen-bond donors (Lipinski definition) is 1. The van der Waals surface area contributed by atoms with E-state index in [4.69, 9.17) is 5.73 Å². The zero-order valence-corrected chi connectivity index (χ0v) is 11.3. The van der Waals surface area contributed by atoms with E-state index in [9.17, 15) is 0 Å². The van der Waals surface area contributed by atoms with Gasteiger partial charge in [0.1, 0.15) is 0 Å². The molecule has 14 heavy (non-hydrogen) atoms. The maximum Gasteiger partial charge on any atom is 0.0713 e. The first-order valence-corrected chi connectivity index (χ1v) is 6.30. The second-order valence-electron chi connectivity index (χ2n) is 3.27. The summed E-state index contributed by atoms with van der Waals surface area (Å²) in [6.07, 6.45) is 5.09. The van der Waals surface area contributed by atoms with Gasteiger partial charge in [-0.3, -0.25) is 4.98 Å². The smallest absolute Gasteiger partial charge is 0.0713 e. The fourth-order valence-corrected chi connectivity index (χ4v) is 2.54. The maximum absolute atomic E-state index is 6.02. The first-order chi connectivity index (χ1) is 6.65. The molecule has 4 heteroatoms. The van der Waals surface area contributed by atoms with Crippen molar-refractivity contribution in [2.45, 2.75) is 32.2 Å². The molecule has 0 saturated carbocycles. The van der Waals surface area contributed by atoms with E-state index in [0.717, 1.165) is 27.5 Å². The predicted octanol–water partition coefficient (Wildman–Crippen LogP) is 3.80. The van der Waals surface area contributed by atoms with Crippen LogP contribution in [0.3, 0.4) is 0 Å². The summed E-state index contributed by atoms with van der Waals surface area (Å²) in [6.45, 7) is 2.16. The Hall–Kier alpha value is 0.0700. The molecule has 0 aliphatic carbocycles. The summed E-state index contributed by atoms with van der Waals surface area (Å²) in [7, 11) is 0. The number of unbranched alkanes of at least 4 members (excludes halogenated alkanes) is 1. The fraction of sp³-hybridized carbons (Fsp3) is 0.500. The van der Waals surface area contributed by atoms with Gasteiger partial charge in [-0.05, 0) is 44.3 Å². The van der Waals surface area contributed by atoms with Gasteiger partial charge < -0.3 is 5.73 Å². The van der Waals surface area contributed by atoms with Crippen LogP contribution in [0.1, 0.15) is 37.9 Å². The van der Waals surface area contributed by atoms with E-state index in [2.05, 4.69) is 43.8 Å². The van der Waals surface area contributed by atoms with Crippen LogP contribution in [0.2, 0.25) is 0 Å². The van der Waals surface area contributed by atoms with Crippen molar-refractivity contribution in [3.63, 3.8) is 0 Å². The van der Waals surface area contributed by atoms with E-state index in [1.54, 1.807) is 6.20 Å². The molecular formula is C10H14Br2N2. The quantitative estimate of drug-likeness (QED) is 0.916. The van der Waals surface area contributed by atoms with Crippen molar-refractivity contribution in [3.8, 4) is 0 Å². The zero-order valence-electron chi connectivity index (χ0n) is 8.13. The highest BCUT2D eigenvalue weighted by molar-refractivity contribution is 9.11. The summed E-state index contributed by atoms with van der Waals surface area (Å²) in [4.78, 5) is 4.31. The van der Waals surface area contributed by atoms with Crippen LogP contribution in [-0.4, -0.2) is 4.98 Å². The molecule has 1 aromatic rings. The summed E-state index contributed by atoms with van der Waals surface area (Å²) >= 11 is 6.83. The third kappa shape index (κ3) is 3.33. The topological polar surface area (TPSA) is 38.9 Å². The van der Waals surface area contributed by atoms with Gasteiger partial charge >= 0.3 is 0 Å². The zero-order chi connectivity index (χ0) is 10.6. The molecule has 0 amide bonds. The molecule has 0 saturated heterocycles. The van der Waals surface area contributed by atoms with Crippen LogP contribution in [0.25, 0.3) is 0 Å². The Balaban J connectivity index is 2.74. The second kappa shape index (κ2) is 5.83. The Morgan fingerprint density at radius 3 is 2.79 bits per heavy atom. The molecule has 0 spiro atoms. The van der Waals surface area contributed by atoms with E-state index in [-0.39, 0.29) is 6.04 Å². The molecule has 2 N–H and O–H groups in total. The Bertz CT molecular complexity index is 302. The van der Waals surface area contributed by atoms with Crippen molar-refractivity contribution in [2.24, 2.45) is 5.73 Å². The molecule has 0 aliphatic rings. The van der Waals surface area contributed by atoms with Crippen LogP contribution in [0.5, 0.6) is 0 Å². The summed E-state index contributed by atoms with van der Waals surface area (Å²) in [5.74, 6) is 0. The molecule has 1 aromatic heterocycles. The van der Waals surface area contributed by atoms with Crippen LogP contribution in [0.15, 0.2) is 21.2 Å². The highest BCUT2D eigenvalue weighted by atomic mass is 79.9. The van der Waals surface area contributed by atoms with Gasteiger partial charge in [0, 0.05) is 21.2 Å². The van der Waals surface area contributed by atoms with Crippen molar-refractivity contribution >= 4 is 31.9 Å². The molecule has 1 atom stereocenters. The van der Waals surface area contributed by atoms with Gasteiger partial charge in [0.05, 0.1) is 5.69 Å². The van der Waals surface area contributed by atoms with Gasteiger partial charge in [0.15, 0.2) is 0 Å². The Labute approximate surface area is 102 Å². The molecule has 0 radical (unpaired) electrons. The third-order valence-electron chi connectivity index (χ3n) is 2.06. The lowest BCUT2D eigenvalue weighted by Gasteiger charge is -2.12. The Morgan fingerprint density at radius 1 is 1.50 bits per heavy atom. The lowest BCUT2D eigenvalue weighted by Crippen LogP contribution is -2.12. The largest absolute Gasteiger partial charge is 0.323 e. The Morgan fingerprint density at radius 2 is 2.21 bits per heavy atom. The molecule has 1 unspecified atom stereocenters. The van der Waals surface area contributed by atoms with E-state index in [1.807, 2.05) is 6.07 Å². The van der Waals surface area contributed by atoms with Crippen molar-refractivity contribution in [2.75, 3.05) is 0 Å². The monoisotopic (exact) mass is 320 g/mol. The van der Waals surface area contributed by atoms with Crippen LogP contribution in [0.4, 0.5) is 0 Å². The SMILES string of the molecule is CCCCC(N)c1ncc(Br)cc1Br. The summed E-state index contributed by atoms with van der Waals surface area (Å²) in [5, 5.41) is 0. The van der Waals surface area contributed by atoms with E-state index >= 15 is 0 Å². The summed E-state index contributed by atoms with van der Waals surface area (Å²) in [5.41, 5.74) is 6.97. The fourth-order valence-electron chi connectivity index (χ4n) is 1.26. The summed E-state index contributed by atoms with van der Waals surface area (Å²) in [6, 6.07) is 2.02. The number of pyridine rings is 1. The van der Waals surface area contributed by atoms with Gasteiger partial charge in [-0.15, -0.1) is 0 Å². The first kappa shape index (κ1) is 12.1. The average Bonchev–Trinajstić information content (AvgIpc) is 2.14. The average molecular weight is 322 g/mol. The molecule has 0 aromatic carbocycles. The van der Waals surface area contributed by atoms with Crippen molar-refractivity contribution < 1.29 is 0 Å². The number of nitrogens with zero attached hydrogens (tertiary/aromatic N) is 1. The third-order valence-corrected chi connectivity index (χ3v) is 3.12. The lowest BCUT2D eigenvalue weighted by molar-refractivity contribution is 0.588. The lowest BCUT2D eigenvalue weighted by atomic mass is 10.1. The molecule has 1 rings (SSSR count). The molecule has 2 nitrogen and oxygen atoms in total. The highest BCUT2D eigenvalue weighted by Gasteiger charge is 2.10. The minimum atomic E-state index is 0.0393. The minimum absolute atomic E-state index is 0.0393. The molecular weight excluding hydrogens is 308 g/mol. The van der Waals surface area contributed by atoms with E-state index in [1.165, 1.54) is 6.42 Å². The molecule has 0 fully saturated rings. The second-order valence-corrected chi connectivity index (χ2v) is 5.04. The van der Waals surface area contributed by atoms with Gasteiger partial charge in [0.2, 0.25) is 0 Å². The van der Waals surface area contributed by atoms with Gasteiger partial charge in [0.25, 0.3) is 0 Å². The number of aromatic nitrogens is 1. The van der Waals surface area contributed by atoms with Gasteiger partial charge in [-0.2, -0.15) is 0 Å². The minimum Gasteiger partial charge on any atom is -0.323 e. The van der Waals surface area contributed by atoms with Crippen molar-refractivity contribution in [1.29, 1.82) is 0 Å². The van der Waals surface area contributed by atoms with E-state index in [0.29, 0.717) is 0 Å². The van der Waals surface area contributed by atoms with Crippen LogP contribution < -0.4 is 5.73 Å². The number of hydrogen-bond acceptors (Lipinski definition) is 2. The van der Waals surface area contributed by atoms with Crippen LogP contribution in [0, 0.1) is 0 Å². The molecule has 78 valence electrons. The maximum atomic E-state index is 6.02. The molecule has 1 heterocycles. The normalized spacial score (nSPS) is 12.9. The number of nitrogens with two attached hydrogens (primary N) is 1. The van der Waals surface area contributed by atoms with Crippen molar-refractivity contribution in [1.82, 2.24) is 4.98 Å². The number of rotatable bonds is 4. The van der Waals surface area contributed by atoms with Crippen LogP contribution in [-0.2, 0) is 0 Å². The molecule has 0 bridgehead atoms. The van der Waals surface area contributed by atoms with Crippen LogP contribution >= 0.6 is 31.9 Å². The van der Waals surface area contributed by atoms with Crippen molar-refractivity contribution in [3.05, 3.63) is 26.9 Å².